The van der Waals surface area contributed by atoms with Gasteiger partial charge in [0.2, 0.25) is 15.9 Å². The molecule has 2 aliphatic heterocycles. The van der Waals surface area contributed by atoms with Gasteiger partial charge in [-0.05, 0) is 30.7 Å². The first-order valence-electron chi connectivity index (χ1n) is 8.06. The second-order valence-corrected chi connectivity index (χ2v) is 9.06. The van der Waals surface area contributed by atoms with Crippen molar-refractivity contribution in [2.24, 2.45) is 5.41 Å². The van der Waals surface area contributed by atoms with E-state index in [9.17, 15) is 13.2 Å². The van der Waals surface area contributed by atoms with Gasteiger partial charge in [-0.2, -0.15) is 0 Å². The molecule has 1 aromatic carbocycles. The number of rotatable bonds is 3. The van der Waals surface area contributed by atoms with E-state index in [4.69, 9.17) is 0 Å². The lowest BCUT2D eigenvalue weighted by Gasteiger charge is -2.37. The summed E-state index contributed by atoms with van der Waals surface area (Å²) in [6.45, 7) is 4.52. The predicted molar refractivity (Wildman–Crippen MR) is 89.3 cm³/mol. The first kappa shape index (κ1) is 16.5. The topological polar surface area (TPSA) is 57.7 Å². The van der Waals surface area contributed by atoms with Crippen molar-refractivity contribution in [3.8, 4) is 0 Å². The van der Waals surface area contributed by atoms with Gasteiger partial charge in [0.05, 0.1) is 6.26 Å². The molecule has 0 unspecified atom stereocenters. The molecule has 0 radical (unpaired) electrons. The van der Waals surface area contributed by atoms with Crippen LogP contribution >= 0.6 is 0 Å². The van der Waals surface area contributed by atoms with Gasteiger partial charge in [-0.3, -0.25) is 4.79 Å². The van der Waals surface area contributed by atoms with E-state index in [2.05, 4.69) is 25.1 Å². The molecule has 1 amide bonds. The number of nitrogens with zero attached hydrogens (tertiary/aromatic N) is 2. The maximum atomic E-state index is 12.4. The highest BCUT2D eigenvalue weighted by molar-refractivity contribution is 7.88. The van der Waals surface area contributed by atoms with Gasteiger partial charge >= 0.3 is 0 Å². The highest BCUT2D eigenvalue weighted by Gasteiger charge is 2.45. The molecule has 1 spiro atoms. The van der Waals surface area contributed by atoms with E-state index in [1.807, 2.05) is 11.0 Å². The molecule has 6 heteroatoms. The van der Waals surface area contributed by atoms with Crippen LogP contribution < -0.4 is 0 Å². The van der Waals surface area contributed by atoms with Crippen LogP contribution in [0, 0.1) is 12.3 Å². The van der Waals surface area contributed by atoms with Gasteiger partial charge in [0.25, 0.3) is 0 Å². The van der Waals surface area contributed by atoms with Crippen molar-refractivity contribution in [1.82, 2.24) is 9.21 Å². The first-order valence-corrected chi connectivity index (χ1v) is 9.91. The number of hydrogen-bond donors (Lipinski definition) is 0. The van der Waals surface area contributed by atoms with Crippen LogP contribution in [-0.4, -0.2) is 49.4 Å². The van der Waals surface area contributed by atoms with Gasteiger partial charge in [0.1, 0.15) is 0 Å². The normalized spacial score (nSPS) is 22.0. The Bertz CT molecular complexity index is 706. The summed E-state index contributed by atoms with van der Waals surface area (Å²) >= 11 is 0. The third-order valence-corrected chi connectivity index (χ3v) is 6.42. The molecular weight excluding hydrogens is 312 g/mol. The Labute approximate surface area is 138 Å². The van der Waals surface area contributed by atoms with Gasteiger partial charge in [0.15, 0.2) is 0 Å². The molecular formula is C17H24N2O3S. The highest BCUT2D eigenvalue weighted by Crippen LogP contribution is 2.41. The van der Waals surface area contributed by atoms with E-state index in [1.54, 1.807) is 0 Å². The number of likely N-dealkylation sites (tertiary alicyclic amines) is 1. The molecule has 0 aromatic heterocycles. The van der Waals surface area contributed by atoms with Gasteiger partial charge in [-0.15, -0.1) is 0 Å². The predicted octanol–water partition coefficient (Wildman–Crippen LogP) is 1.77. The molecule has 2 saturated heterocycles. The lowest BCUT2D eigenvalue weighted by atomic mass is 9.78. The third kappa shape index (κ3) is 3.58. The summed E-state index contributed by atoms with van der Waals surface area (Å²) in [5, 5.41) is 0. The minimum atomic E-state index is -3.12. The van der Waals surface area contributed by atoms with Crippen molar-refractivity contribution >= 4 is 15.9 Å². The minimum absolute atomic E-state index is 0.0396. The number of carbonyl (C=O) groups excluding carboxylic acids is 1. The summed E-state index contributed by atoms with van der Waals surface area (Å²) in [5.74, 6) is 0.194. The Morgan fingerprint density at radius 2 is 1.91 bits per heavy atom. The summed E-state index contributed by atoms with van der Waals surface area (Å²) in [5.41, 5.74) is 2.32. The number of hydrogen-bond acceptors (Lipinski definition) is 3. The fourth-order valence-electron chi connectivity index (χ4n) is 3.78. The minimum Gasteiger partial charge on any atom is -0.338 e. The van der Waals surface area contributed by atoms with Crippen LogP contribution in [0.25, 0.3) is 0 Å². The van der Waals surface area contributed by atoms with Crippen LogP contribution in [0.15, 0.2) is 24.3 Å². The summed E-state index contributed by atoms with van der Waals surface area (Å²) in [6.07, 6.45) is 3.36. The van der Waals surface area contributed by atoms with Crippen molar-refractivity contribution in [1.29, 1.82) is 0 Å². The second-order valence-electron chi connectivity index (χ2n) is 7.08. The number of carbonyl (C=O) groups is 1. The second kappa shape index (κ2) is 5.91. The third-order valence-electron chi connectivity index (χ3n) is 5.11. The number of piperidine rings is 1. The maximum Gasteiger partial charge on any atom is 0.223 e. The van der Waals surface area contributed by atoms with Crippen molar-refractivity contribution < 1.29 is 13.2 Å². The Morgan fingerprint density at radius 3 is 2.52 bits per heavy atom. The van der Waals surface area contributed by atoms with E-state index in [0.717, 1.165) is 24.9 Å². The summed E-state index contributed by atoms with van der Waals surface area (Å²) in [7, 11) is -3.12. The number of benzene rings is 1. The average molecular weight is 336 g/mol. The van der Waals surface area contributed by atoms with Crippen LogP contribution in [-0.2, 0) is 21.4 Å². The molecule has 0 bridgehead atoms. The van der Waals surface area contributed by atoms with Crippen molar-refractivity contribution in [2.75, 3.05) is 25.9 Å². The Balaban J connectivity index is 1.66. The lowest BCUT2D eigenvalue weighted by Crippen LogP contribution is -2.43. The van der Waals surface area contributed by atoms with Crippen LogP contribution in [0.1, 0.15) is 30.4 Å². The van der Waals surface area contributed by atoms with E-state index in [0.29, 0.717) is 26.1 Å². The molecule has 23 heavy (non-hydrogen) atoms. The van der Waals surface area contributed by atoms with Crippen molar-refractivity contribution in [3.05, 3.63) is 35.4 Å². The van der Waals surface area contributed by atoms with Gasteiger partial charge in [-0.1, -0.05) is 29.8 Å². The Hall–Kier alpha value is -1.40. The molecule has 0 atom stereocenters. The summed E-state index contributed by atoms with van der Waals surface area (Å²) < 4.78 is 24.8. The van der Waals surface area contributed by atoms with Gasteiger partial charge < -0.3 is 4.90 Å². The highest BCUT2D eigenvalue weighted by atomic mass is 32.2. The zero-order valence-electron chi connectivity index (χ0n) is 13.8. The number of amides is 1. The van der Waals surface area contributed by atoms with Crippen molar-refractivity contribution in [3.63, 3.8) is 0 Å². The van der Waals surface area contributed by atoms with Crippen LogP contribution in [0.2, 0.25) is 0 Å². The first-order chi connectivity index (χ1) is 10.8. The average Bonchev–Trinajstić information content (AvgIpc) is 2.74. The Kier molecular flexibility index (Phi) is 4.23. The largest absolute Gasteiger partial charge is 0.338 e. The zero-order chi connectivity index (χ0) is 16.7. The zero-order valence-corrected chi connectivity index (χ0v) is 14.6. The fourth-order valence-corrected chi connectivity index (χ4v) is 4.63. The lowest BCUT2D eigenvalue weighted by molar-refractivity contribution is -0.128. The van der Waals surface area contributed by atoms with Crippen LogP contribution in [0.5, 0.6) is 0 Å². The van der Waals surface area contributed by atoms with Crippen molar-refractivity contribution in [2.45, 2.75) is 32.7 Å². The molecule has 5 nitrogen and oxygen atoms in total. The molecule has 2 fully saturated rings. The Morgan fingerprint density at radius 1 is 1.22 bits per heavy atom. The SMILES string of the molecule is Cc1cccc(CN2CC3(CCN(S(C)(=O)=O)CC3)CC2=O)c1. The van der Waals surface area contributed by atoms with Gasteiger partial charge in [-0.25, -0.2) is 12.7 Å². The van der Waals surface area contributed by atoms with Crippen LogP contribution in [0.4, 0.5) is 0 Å². The fraction of sp³-hybridized carbons (Fsp3) is 0.588. The summed E-state index contributed by atoms with van der Waals surface area (Å²) in [4.78, 5) is 14.3. The molecule has 2 aliphatic rings. The smallest absolute Gasteiger partial charge is 0.223 e. The molecule has 0 N–H and O–H groups in total. The monoisotopic (exact) mass is 336 g/mol. The number of aryl methyl sites for hydroxylation is 1. The molecule has 0 saturated carbocycles. The molecule has 1 aromatic rings. The van der Waals surface area contributed by atoms with Gasteiger partial charge in [0, 0.05) is 32.6 Å². The van der Waals surface area contributed by atoms with E-state index >= 15 is 0 Å². The standard InChI is InChI=1S/C17H24N2O3S/c1-14-4-3-5-15(10-14)12-18-13-17(11-16(18)20)6-8-19(9-7-17)23(2,21)22/h3-5,10H,6-9,11-13H2,1-2H3. The molecule has 3 rings (SSSR count). The quantitative estimate of drug-likeness (QED) is 0.845. The van der Waals surface area contributed by atoms with E-state index in [1.165, 1.54) is 16.1 Å². The number of sulfonamides is 1. The van der Waals surface area contributed by atoms with E-state index in [-0.39, 0.29) is 11.3 Å². The maximum absolute atomic E-state index is 12.4. The molecule has 126 valence electrons. The molecule has 0 aliphatic carbocycles. The molecule has 2 heterocycles. The van der Waals surface area contributed by atoms with E-state index < -0.39 is 10.0 Å². The summed E-state index contributed by atoms with van der Waals surface area (Å²) in [6, 6.07) is 8.24. The van der Waals surface area contributed by atoms with Crippen LogP contribution in [0.3, 0.4) is 0 Å².